The molecule has 0 aromatic carbocycles. The Kier molecular flexibility index (Phi) is 11.9. The van der Waals surface area contributed by atoms with Gasteiger partial charge in [-0.25, -0.2) is 9.59 Å². The highest BCUT2D eigenvalue weighted by Gasteiger charge is 2.50. The summed E-state index contributed by atoms with van der Waals surface area (Å²) in [7, 11) is -11.4. The minimum absolute atomic E-state index is 0.00467. The second-order valence-electron chi connectivity index (χ2n) is 11.1. The molecule has 12 nitrogen and oxygen atoms in total. The fourth-order valence-corrected chi connectivity index (χ4v) is 4.16. The van der Waals surface area contributed by atoms with E-state index in [1.165, 1.54) is 16.7 Å². The Morgan fingerprint density at radius 2 is 1.16 bits per heavy atom. The van der Waals surface area contributed by atoms with Crippen LogP contribution in [0.15, 0.2) is 23.7 Å². The average molecular weight is 677 g/mol. The number of hydrogen-bond donors (Lipinski definition) is 0. The molecule has 0 bridgehead atoms. The van der Waals surface area contributed by atoms with Crippen molar-refractivity contribution in [3.8, 4) is 0 Å². The molecule has 2 heterocycles. The number of carbonyl (C=O) groups is 2. The summed E-state index contributed by atoms with van der Waals surface area (Å²) in [4.78, 5) is 26.1. The molecule has 2 rings (SSSR count). The normalized spacial score (nSPS) is 18.9. The molecule has 0 N–H and O–H groups in total. The molecule has 43 heavy (non-hydrogen) atoms. The highest BCUT2D eigenvalue weighted by Crippen LogP contribution is 2.30. The summed E-state index contributed by atoms with van der Waals surface area (Å²) in [5.41, 5.74) is -12.4. The molecular weight excluding hydrogens is 642 g/mol. The highest BCUT2D eigenvalue weighted by molar-refractivity contribution is 7.88. The predicted molar refractivity (Wildman–Crippen MR) is 138 cm³/mol. The number of amides is 2. The number of halogens is 6. The zero-order chi connectivity index (χ0) is 33.8. The Morgan fingerprint density at radius 1 is 0.744 bits per heavy atom. The largest absolute Gasteiger partial charge is 0.534 e. The molecule has 0 aliphatic carbocycles. The van der Waals surface area contributed by atoms with Crippen molar-refractivity contribution < 1.29 is 70.6 Å². The minimum Gasteiger partial charge on any atom is -0.444 e. The minimum atomic E-state index is -5.69. The van der Waals surface area contributed by atoms with E-state index in [-0.39, 0.29) is 44.0 Å². The van der Waals surface area contributed by atoms with Crippen LogP contribution in [0.1, 0.15) is 61.3 Å². The number of rotatable bonds is 4. The van der Waals surface area contributed by atoms with Crippen molar-refractivity contribution in [1.29, 1.82) is 0 Å². The molecule has 2 aliphatic heterocycles. The lowest BCUT2D eigenvalue weighted by Gasteiger charge is -2.33. The van der Waals surface area contributed by atoms with Crippen molar-refractivity contribution in [3.63, 3.8) is 0 Å². The molecule has 0 saturated carbocycles. The smallest absolute Gasteiger partial charge is 0.444 e. The van der Waals surface area contributed by atoms with E-state index in [9.17, 15) is 52.8 Å². The first-order chi connectivity index (χ1) is 19.0. The number of hydrogen-bond acceptors (Lipinski definition) is 10. The molecule has 0 aromatic heterocycles. The molecule has 0 saturated heterocycles. The molecule has 2 amide bonds. The Morgan fingerprint density at radius 3 is 1.53 bits per heavy atom. The van der Waals surface area contributed by atoms with Gasteiger partial charge in [0.15, 0.2) is 0 Å². The number of alkyl halides is 6. The summed E-state index contributed by atoms with van der Waals surface area (Å²) in [6.45, 7) is 11.5. The monoisotopic (exact) mass is 676 g/mol. The molecule has 0 fully saturated rings. The Labute approximate surface area is 245 Å². The van der Waals surface area contributed by atoms with Gasteiger partial charge in [0.1, 0.15) is 22.7 Å². The Bertz CT molecular complexity index is 1300. The lowest BCUT2D eigenvalue weighted by molar-refractivity contribution is -0.0530. The molecule has 0 spiro atoms. The zero-order valence-corrected chi connectivity index (χ0v) is 26.0. The van der Waals surface area contributed by atoms with Crippen molar-refractivity contribution in [1.82, 2.24) is 9.80 Å². The first kappa shape index (κ1) is 38.1. The maximum atomic E-state index is 12.3. The zero-order valence-electron chi connectivity index (χ0n) is 24.3. The van der Waals surface area contributed by atoms with Gasteiger partial charge in [-0.1, -0.05) is 0 Å². The van der Waals surface area contributed by atoms with Gasteiger partial charge < -0.3 is 27.6 Å². The van der Waals surface area contributed by atoms with E-state index in [2.05, 4.69) is 8.37 Å². The molecule has 1 atom stereocenters. The number of carbonyl (C=O) groups excluding carboxylic acids is 2. The fourth-order valence-electron chi connectivity index (χ4n) is 3.12. The molecule has 0 radical (unpaired) electrons. The standard InChI is InChI=1S/C12H18F3NO5S.C11H16F3NO5S/c1-8-7-9(21-22(18,19)12(13,14)15)5-6-16(8)10(17)20-11(2,3)4;1-10(2,3)19-9(16)15-6-4-8(5-7-15)20-21(17,18)11(12,13)14/h7-8H,5-6H2,1-4H3;4H,5-7H2,1-3H3. The summed E-state index contributed by atoms with van der Waals surface area (Å²) in [6, 6.07) is -0.651. The summed E-state index contributed by atoms with van der Waals surface area (Å²) >= 11 is 0. The van der Waals surface area contributed by atoms with Crippen LogP contribution >= 0.6 is 0 Å². The van der Waals surface area contributed by atoms with Gasteiger partial charge in [0, 0.05) is 32.5 Å². The summed E-state index contributed by atoms with van der Waals surface area (Å²) in [6.07, 6.45) is 0.700. The Balaban J connectivity index is 0.000000430. The summed E-state index contributed by atoms with van der Waals surface area (Å²) < 4.78 is 135. The Hall–Kier alpha value is -2.90. The molecule has 20 heteroatoms. The topological polar surface area (TPSA) is 146 Å². The summed E-state index contributed by atoms with van der Waals surface area (Å²) in [5, 5.41) is 0. The van der Waals surface area contributed by atoms with Gasteiger partial charge in [0.25, 0.3) is 0 Å². The van der Waals surface area contributed by atoms with Crippen molar-refractivity contribution in [2.24, 2.45) is 0 Å². The second kappa shape index (κ2) is 13.4. The first-order valence-electron chi connectivity index (χ1n) is 12.4. The van der Waals surface area contributed by atoms with Gasteiger partial charge in [0.2, 0.25) is 0 Å². The van der Waals surface area contributed by atoms with Gasteiger partial charge in [-0.2, -0.15) is 43.2 Å². The maximum Gasteiger partial charge on any atom is 0.534 e. The molecule has 250 valence electrons. The van der Waals surface area contributed by atoms with E-state index in [1.807, 2.05) is 0 Å². The van der Waals surface area contributed by atoms with Crippen LogP contribution in [0.25, 0.3) is 0 Å². The van der Waals surface area contributed by atoms with Crippen LogP contribution in [0, 0.1) is 0 Å². The van der Waals surface area contributed by atoms with Gasteiger partial charge in [-0.15, -0.1) is 0 Å². The van der Waals surface area contributed by atoms with Gasteiger partial charge in [0.05, 0.1) is 6.04 Å². The van der Waals surface area contributed by atoms with Crippen LogP contribution in [0.3, 0.4) is 0 Å². The molecule has 1 unspecified atom stereocenters. The second-order valence-corrected chi connectivity index (χ2v) is 14.2. The van der Waals surface area contributed by atoms with Gasteiger partial charge >= 0.3 is 43.4 Å². The third-order valence-corrected chi connectivity index (χ3v) is 6.97. The number of nitrogens with zero attached hydrogens (tertiary/aromatic N) is 2. The van der Waals surface area contributed by atoms with Crippen molar-refractivity contribution in [2.75, 3.05) is 19.6 Å². The SMILES string of the molecule is CC(C)(C)OC(=O)N1CC=C(OS(=O)(=O)C(F)(F)F)CC1.CC1C=C(OS(=O)(=O)C(F)(F)F)CCN1C(=O)OC(C)(C)C. The molecule has 2 aliphatic rings. The highest BCUT2D eigenvalue weighted by atomic mass is 32.2. The quantitative estimate of drug-likeness (QED) is 0.223. The van der Waals surface area contributed by atoms with Crippen LogP contribution in [0.5, 0.6) is 0 Å². The van der Waals surface area contributed by atoms with E-state index in [1.54, 1.807) is 41.5 Å². The summed E-state index contributed by atoms with van der Waals surface area (Å²) in [5.74, 6) is -0.684. The van der Waals surface area contributed by atoms with Crippen molar-refractivity contribution in [2.45, 2.75) is 89.6 Å². The molecular formula is C23H34F6N2O10S2. The van der Waals surface area contributed by atoms with Crippen LogP contribution in [-0.4, -0.2) is 86.7 Å². The lowest BCUT2D eigenvalue weighted by Crippen LogP contribution is -2.44. The van der Waals surface area contributed by atoms with Gasteiger partial charge in [-0.05, 0) is 60.6 Å². The van der Waals surface area contributed by atoms with E-state index in [4.69, 9.17) is 9.47 Å². The fraction of sp³-hybridized carbons (Fsp3) is 0.739. The van der Waals surface area contributed by atoms with Crippen LogP contribution < -0.4 is 0 Å². The van der Waals surface area contributed by atoms with Crippen LogP contribution in [-0.2, 0) is 38.1 Å². The van der Waals surface area contributed by atoms with Gasteiger partial charge in [-0.3, -0.25) is 0 Å². The predicted octanol–water partition coefficient (Wildman–Crippen LogP) is 5.14. The lowest BCUT2D eigenvalue weighted by atomic mass is 10.1. The van der Waals surface area contributed by atoms with E-state index < -0.39 is 60.7 Å². The van der Waals surface area contributed by atoms with E-state index in [0.29, 0.717) is 0 Å². The van der Waals surface area contributed by atoms with Crippen molar-refractivity contribution in [3.05, 3.63) is 23.7 Å². The number of ether oxygens (including phenoxy) is 2. The average Bonchev–Trinajstić information content (AvgIpc) is 2.75. The van der Waals surface area contributed by atoms with Crippen molar-refractivity contribution >= 4 is 32.4 Å². The van der Waals surface area contributed by atoms with Crippen LogP contribution in [0.2, 0.25) is 0 Å². The maximum absolute atomic E-state index is 12.3. The molecule has 0 aromatic rings. The van der Waals surface area contributed by atoms with Crippen LogP contribution in [0.4, 0.5) is 35.9 Å². The first-order valence-corrected chi connectivity index (χ1v) is 15.2. The third-order valence-electron chi connectivity index (χ3n) is 4.97. The third kappa shape index (κ3) is 12.3. The van der Waals surface area contributed by atoms with E-state index >= 15 is 0 Å². The van der Waals surface area contributed by atoms with E-state index in [0.717, 1.165) is 12.2 Å².